The molecule has 2 aliphatic rings. The van der Waals surface area contributed by atoms with E-state index in [1.807, 2.05) is 51.1 Å². The molecule has 2 atom stereocenters. The van der Waals surface area contributed by atoms with Crippen molar-refractivity contribution in [1.29, 1.82) is 0 Å². The molecule has 2 saturated heterocycles. The Labute approximate surface area is 247 Å². The predicted molar refractivity (Wildman–Crippen MR) is 160 cm³/mol. The van der Waals surface area contributed by atoms with Crippen LogP contribution in [-0.4, -0.2) is 95.1 Å². The normalized spacial score (nSPS) is 20.4. The van der Waals surface area contributed by atoms with Gasteiger partial charge in [-0.25, -0.2) is 4.79 Å². The quantitative estimate of drug-likeness (QED) is 0.409. The number of piperidine rings is 1. The molecule has 3 N–H and O–H groups in total. The molecule has 0 aromatic heterocycles. The van der Waals surface area contributed by atoms with E-state index >= 15 is 0 Å². The fourth-order valence-electron chi connectivity index (χ4n) is 5.13. The lowest BCUT2D eigenvalue weighted by Gasteiger charge is -2.38. The van der Waals surface area contributed by atoms with Crippen molar-refractivity contribution < 1.29 is 24.2 Å². The first-order valence-corrected chi connectivity index (χ1v) is 15.1. The molecule has 10 heteroatoms. The zero-order chi connectivity index (χ0) is 29.5. The third-order valence-corrected chi connectivity index (χ3v) is 8.77. The van der Waals surface area contributed by atoms with Gasteiger partial charge in [0.05, 0.1) is 0 Å². The second-order valence-electron chi connectivity index (χ2n) is 11.8. The highest BCUT2D eigenvalue weighted by Gasteiger charge is 2.35. The van der Waals surface area contributed by atoms with Crippen molar-refractivity contribution >= 4 is 29.7 Å². The number of hydrogen-bond donors (Lipinski definition) is 3. The summed E-state index contributed by atoms with van der Waals surface area (Å²) in [4.78, 5) is 42.1. The van der Waals surface area contributed by atoms with E-state index in [9.17, 15) is 19.5 Å². The number of nitrogens with one attached hydrogen (secondary N) is 2. The Kier molecular flexibility index (Phi) is 10.3. The minimum Gasteiger partial charge on any atom is -0.480 e. The van der Waals surface area contributed by atoms with Gasteiger partial charge in [0.1, 0.15) is 11.6 Å². The van der Waals surface area contributed by atoms with Gasteiger partial charge in [0.15, 0.2) is 0 Å². The highest BCUT2D eigenvalue weighted by Crippen LogP contribution is 2.37. The maximum absolute atomic E-state index is 13.1. The monoisotopic (exact) mass is 582 g/mol. The molecule has 9 nitrogen and oxygen atoms in total. The van der Waals surface area contributed by atoms with Crippen LogP contribution in [0.25, 0.3) is 0 Å². The van der Waals surface area contributed by atoms with Gasteiger partial charge in [-0.1, -0.05) is 30.3 Å². The number of carbonyl (C=O) groups is 3. The van der Waals surface area contributed by atoms with Crippen LogP contribution in [0.3, 0.4) is 0 Å². The summed E-state index contributed by atoms with van der Waals surface area (Å²) in [6.45, 7) is 9.57. The van der Waals surface area contributed by atoms with Crippen molar-refractivity contribution in [3.05, 3.63) is 65.7 Å². The van der Waals surface area contributed by atoms with Crippen molar-refractivity contribution in [3.8, 4) is 0 Å². The first kappa shape index (κ1) is 30.9. The Balaban J connectivity index is 1.32. The van der Waals surface area contributed by atoms with Crippen molar-refractivity contribution in [2.75, 3.05) is 45.8 Å². The summed E-state index contributed by atoms with van der Waals surface area (Å²) in [6.07, 6.45) is 2.00. The molecule has 2 heterocycles. The Morgan fingerprint density at radius 3 is 2.27 bits per heavy atom. The molecule has 2 aliphatic heterocycles. The average molecular weight is 583 g/mol. The molecule has 0 aliphatic carbocycles. The number of benzene rings is 2. The molecule has 2 aromatic carbocycles. The standard InChI is InChI=1S/C31H42N4O5S/c1-30(2,3)40-29(39)35-18-16-34(17-19-35)27(36)24-12-10-23(11-13-24)20-26(28(37)38)33-22-31(14-7-15-32-21-31)41-25-8-5-4-6-9-25/h4-6,8-13,26,32-33H,7,14-22H2,1-3H3,(H,37,38)/t26-,31?/m0/s1. The van der Waals surface area contributed by atoms with Crippen LogP contribution in [-0.2, 0) is 16.0 Å². The highest BCUT2D eigenvalue weighted by atomic mass is 32.2. The first-order chi connectivity index (χ1) is 19.5. The second-order valence-corrected chi connectivity index (χ2v) is 13.4. The van der Waals surface area contributed by atoms with Gasteiger partial charge in [0.25, 0.3) is 5.91 Å². The SMILES string of the molecule is CC(C)(C)OC(=O)N1CCN(C(=O)c2ccc(C[C@H](NCC3(Sc4ccccc4)CCCNC3)C(=O)O)cc2)CC1. The number of ether oxygens (including phenoxy) is 1. The van der Waals surface area contributed by atoms with Crippen molar-refractivity contribution in [2.24, 2.45) is 0 Å². The summed E-state index contributed by atoms with van der Waals surface area (Å²) in [7, 11) is 0. The van der Waals surface area contributed by atoms with Crippen LogP contribution in [0, 0.1) is 0 Å². The summed E-state index contributed by atoms with van der Waals surface area (Å²) in [5.41, 5.74) is 0.838. The Bertz CT molecular complexity index is 1170. The topological polar surface area (TPSA) is 111 Å². The number of aliphatic carboxylic acids is 1. The smallest absolute Gasteiger partial charge is 0.410 e. The molecule has 1 unspecified atom stereocenters. The lowest BCUT2D eigenvalue weighted by atomic mass is 9.97. The first-order valence-electron chi connectivity index (χ1n) is 14.3. The van der Waals surface area contributed by atoms with Gasteiger partial charge in [-0.2, -0.15) is 0 Å². The molecule has 4 rings (SSSR count). The molecule has 2 amide bonds. The molecular weight excluding hydrogens is 540 g/mol. The summed E-state index contributed by atoms with van der Waals surface area (Å²) in [5, 5.41) is 16.8. The fourth-order valence-corrected chi connectivity index (χ4v) is 6.50. The van der Waals surface area contributed by atoms with Gasteiger partial charge in [0, 0.05) is 54.5 Å². The van der Waals surface area contributed by atoms with Crippen LogP contribution in [0.5, 0.6) is 0 Å². The van der Waals surface area contributed by atoms with E-state index in [0.717, 1.165) is 31.5 Å². The van der Waals surface area contributed by atoms with Gasteiger partial charge in [-0.15, -0.1) is 11.8 Å². The summed E-state index contributed by atoms with van der Waals surface area (Å²) >= 11 is 1.81. The van der Waals surface area contributed by atoms with Gasteiger partial charge < -0.3 is 30.3 Å². The van der Waals surface area contributed by atoms with Crippen LogP contribution >= 0.6 is 11.8 Å². The average Bonchev–Trinajstić information content (AvgIpc) is 2.95. The largest absolute Gasteiger partial charge is 0.480 e. The van der Waals surface area contributed by atoms with Crippen molar-refractivity contribution in [1.82, 2.24) is 20.4 Å². The lowest BCUT2D eigenvalue weighted by molar-refractivity contribution is -0.139. The third-order valence-electron chi connectivity index (χ3n) is 7.34. The maximum Gasteiger partial charge on any atom is 0.410 e. The molecule has 41 heavy (non-hydrogen) atoms. The highest BCUT2D eigenvalue weighted by molar-refractivity contribution is 8.00. The van der Waals surface area contributed by atoms with Crippen LogP contribution in [0.15, 0.2) is 59.5 Å². The molecule has 0 saturated carbocycles. The third kappa shape index (κ3) is 8.95. The predicted octanol–water partition coefficient (Wildman–Crippen LogP) is 3.88. The summed E-state index contributed by atoms with van der Waals surface area (Å²) in [5.74, 6) is -0.991. The number of carbonyl (C=O) groups excluding carboxylic acids is 2. The number of rotatable bonds is 9. The van der Waals surface area contributed by atoms with Gasteiger partial charge >= 0.3 is 12.1 Å². The molecule has 0 spiro atoms. The summed E-state index contributed by atoms with van der Waals surface area (Å²) < 4.78 is 5.31. The van der Waals surface area contributed by atoms with Crippen LogP contribution in [0.2, 0.25) is 0 Å². The van der Waals surface area contributed by atoms with E-state index in [1.54, 1.807) is 33.7 Å². The van der Waals surface area contributed by atoms with Gasteiger partial charge in [-0.05, 0) is 76.4 Å². The number of amides is 2. The number of carboxylic acid groups (broad SMARTS) is 1. The van der Waals surface area contributed by atoms with Crippen molar-refractivity contribution in [3.63, 3.8) is 0 Å². The van der Waals surface area contributed by atoms with Crippen LogP contribution in [0.1, 0.15) is 49.5 Å². The van der Waals surface area contributed by atoms with E-state index < -0.39 is 17.6 Å². The Morgan fingerprint density at radius 1 is 1.02 bits per heavy atom. The Morgan fingerprint density at radius 2 is 1.68 bits per heavy atom. The lowest BCUT2D eigenvalue weighted by Crippen LogP contribution is -2.53. The van der Waals surface area contributed by atoms with Crippen LogP contribution in [0.4, 0.5) is 4.79 Å². The minimum absolute atomic E-state index is 0.0991. The molecule has 222 valence electrons. The van der Waals surface area contributed by atoms with Crippen molar-refractivity contribution in [2.45, 2.75) is 61.3 Å². The number of thioether (sulfide) groups is 1. The molecule has 2 aromatic rings. The Hall–Kier alpha value is -3.08. The van der Waals surface area contributed by atoms with E-state index in [0.29, 0.717) is 44.7 Å². The fraction of sp³-hybridized carbons (Fsp3) is 0.516. The second kappa shape index (κ2) is 13.7. The van der Waals surface area contributed by atoms with E-state index in [2.05, 4.69) is 22.8 Å². The summed E-state index contributed by atoms with van der Waals surface area (Å²) in [6, 6.07) is 16.7. The number of hydrogen-bond acceptors (Lipinski definition) is 7. The van der Waals surface area contributed by atoms with E-state index in [4.69, 9.17) is 4.74 Å². The molecule has 2 fully saturated rings. The van der Waals surface area contributed by atoms with Gasteiger partial charge in [-0.3, -0.25) is 9.59 Å². The zero-order valence-electron chi connectivity index (χ0n) is 24.2. The van der Waals surface area contributed by atoms with Crippen LogP contribution < -0.4 is 10.6 Å². The number of carboxylic acids is 1. The maximum atomic E-state index is 13.1. The van der Waals surface area contributed by atoms with E-state index in [-0.39, 0.29) is 16.7 Å². The molecular formula is C31H42N4O5S. The van der Waals surface area contributed by atoms with E-state index in [1.165, 1.54) is 4.90 Å². The number of nitrogens with zero attached hydrogens (tertiary/aromatic N) is 2. The zero-order valence-corrected chi connectivity index (χ0v) is 25.0. The minimum atomic E-state index is -0.892. The molecule has 0 bridgehead atoms. The molecule has 0 radical (unpaired) electrons. The number of piperazine rings is 1. The van der Waals surface area contributed by atoms with Gasteiger partial charge in [0.2, 0.25) is 0 Å².